The number of piperazine rings is 1. The molecule has 0 aliphatic carbocycles. The van der Waals surface area contributed by atoms with Gasteiger partial charge in [-0.3, -0.25) is 4.79 Å². The van der Waals surface area contributed by atoms with Crippen molar-refractivity contribution in [3.05, 3.63) is 41.7 Å². The minimum atomic E-state index is -0.458. The molecule has 2 aromatic rings. The summed E-state index contributed by atoms with van der Waals surface area (Å²) in [6.07, 6.45) is 0.750. The van der Waals surface area contributed by atoms with E-state index >= 15 is 0 Å². The summed E-state index contributed by atoms with van der Waals surface area (Å²) in [6, 6.07) is 10.2. The molecule has 0 bridgehead atoms. The molecule has 2 heterocycles. The second-order valence-electron chi connectivity index (χ2n) is 5.58. The van der Waals surface area contributed by atoms with Crippen LogP contribution in [0.3, 0.4) is 0 Å². The summed E-state index contributed by atoms with van der Waals surface area (Å²) >= 11 is 7.30. The van der Waals surface area contributed by atoms with Gasteiger partial charge in [0.2, 0.25) is 11.0 Å². The molecule has 0 radical (unpaired) electrons. The van der Waals surface area contributed by atoms with Gasteiger partial charge < -0.3 is 9.80 Å². The molecule has 3 rings (SSSR count). The predicted octanol–water partition coefficient (Wildman–Crippen LogP) is 2.40. The Morgan fingerprint density at radius 2 is 1.96 bits per heavy atom. The molecule has 1 aromatic carbocycles. The van der Waals surface area contributed by atoms with Crippen molar-refractivity contribution in [1.29, 1.82) is 0 Å². The molecule has 23 heavy (non-hydrogen) atoms. The molecule has 0 saturated carbocycles. The summed E-state index contributed by atoms with van der Waals surface area (Å²) in [6.45, 7) is 4.63. The Morgan fingerprint density at radius 3 is 2.61 bits per heavy atom. The number of amides is 1. The Kier molecular flexibility index (Phi) is 5.13. The van der Waals surface area contributed by atoms with Gasteiger partial charge in [-0.05, 0) is 12.5 Å². The van der Waals surface area contributed by atoms with Crippen LogP contribution < -0.4 is 4.90 Å². The van der Waals surface area contributed by atoms with Crippen LogP contribution in [0.25, 0.3) is 0 Å². The van der Waals surface area contributed by atoms with Gasteiger partial charge in [0.15, 0.2) is 0 Å². The van der Waals surface area contributed by atoms with Crippen LogP contribution in [-0.2, 0) is 11.2 Å². The van der Waals surface area contributed by atoms with Gasteiger partial charge in [0.25, 0.3) is 0 Å². The molecular weight excluding hydrogens is 332 g/mol. The normalized spacial score (nSPS) is 16.4. The van der Waals surface area contributed by atoms with Crippen molar-refractivity contribution >= 4 is 34.2 Å². The average Bonchev–Trinajstić information content (AvgIpc) is 3.03. The van der Waals surface area contributed by atoms with Crippen LogP contribution in [-0.4, -0.2) is 51.7 Å². The molecule has 1 aliphatic heterocycles. The van der Waals surface area contributed by atoms with Crippen LogP contribution in [0.5, 0.6) is 0 Å². The molecule has 1 aliphatic rings. The summed E-state index contributed by atoms with van der Waals surface area (Å²) in [4.78, 5) is 20.5. The van der Waals surface area contributed by atoms with Crippen LogP contribution in [0.2, 0.25) is 0 Å². The molecule has 1 atom stereocenters. The van der Waals surface area contributed by atoms with Crippen LogP contribution in [0.4, 0.5) is 5.13 Å². The van der Waals surface area contributed by atoms with Gasteiger partial charge in [0.05, 0.1) is 0 Å². The molecule has 7 heteroatoms. The molecule has 1 aromatic heterocycles. The smallest absolute Gasteiger partial charge is 0.240 e. The van der Waals surface area contributed by atoms with Gasteiger partial charge in [-0.2, -0.15) is 4.37 Å². The summed E-state index contributed by atoms with van der Waals surface area (Å²) in [5.74, 6) is 0.859. The number of carbonyl (C=O) groups is 1. The highest BCUT2D eigenvalue weighted by atomic mass is 35.5. The maximum atomic E-state index is 11.9. The van der Waals surface area contributed by atoms with E-state index < -0.39 is 5.38 Å². The predicted molar refractivity (Wildman–Crippen MR) is 93.3 cm³/mol. The second-order valence-corrected chi connectivity index (χ2v) is 6.97. The Bertz CT molecular complexity index is 653. The summed E-state index contributed by atoms with van der Waals surface area (Å²) in [5.41, 5.74) is 1.21. The standard InChI is InChI=1S/C16H19ClN4OS/c1-12(17)15(22)20-7-9-21(10-8-20)16-18-14(19-23-16)11-13-5-3-2-4-6-13/h2-6,12H,7-11H2,1H3/t12-/m0/s1. The highest BCUT2D eigenvalue weighted by Crippen LogP contribution is 2.21. The zero-order valence-electron chi connectivity index (χ0n) is 13.0. The van der Waals surface area contributed by atoms with Crippen molar-refractivity contribution < 1.29 is 4.79 Å². The van der Waals surface area contributed by atoms with Crippen molar-refractivity contribution in [3.8, 4) is 0 Å². The molecule has 0 spiro atoms. The summed E-state index contributed by atoms with van der Waals surface area (Å²) in [7, 11) is 0. The van der Waals surface area contributed by atoms with Gasteiger partial charge >= 0.3 is 0 Å². The third kappa shape index (κ3) is 4.00. The van der Waals surface area contributed by atoms with E-state index in [0.29, 0.717) is 13.1 Å². The van der Waals surface area contributed by atoms with E-state index in [4.69, 9.17) is 11.6 Å². The number of benzene rings is 1. The first-order chi connectivity index (χ1) is 11.1. The van der Waals surface area contributed by atoms with E-state index in [1.54, 1.807) is 6.92 Å². The SMILES string of the molecule is C[C@H](Cl)C(=O)N1CCN(c2nc(Cc3ccccc3)ns2)CC1. The molecule has 5 nitrogen and oxygen atoms in total. The Morgan fingerprint density at radius 1 is 1.26 bits per heavy atom. The van der Waals surface area contributed by atoms with Crippen molar-refractivity contribution in [1.82, 2.24) is 14.3 Å². The first kappa shape index (κ1) is 16.2. The van der Waals surface area contributed by atoms with E-state index in [1.807, 2.05) is 23.1 Å². The number of halogens is 1. The Labute approximate surface area is 145 Å². The number of carbonyl (C=O) groups excluding carboxylic acids is 1. The number of anilines is 1. The van der Waals surface area contributed by atoms with Gasteiger partial charge in [-0.1, -0.05) is 30.3 Å². The van der Waals surface area contributed by atoms with Gasteiger partial charge in [-0.15, -0.1) is 11.6 Å². The maximum absolute atomic E-state index is 11.9. The monoisotopic (exact) mass is 350 g/mol. The lowest BCUT2D eigenvalue weighted by molar-refractivity contribution is -0.130. The van der Waals surface area contributed by atoms with Crippen LogP contribution in [0.15, 0.2) is 30.3 Å². The van der Waals surface area contributed by atoms with Crippen LogP contribution >= 0.6 is 23.1 Å². The quantitative estimate of drug-likeness (QED) is 0.794. The summed E-state index contributed by atoms with van der Waals surface area (Å²) in [5, 5.41) is 0.475. The number of aromatic nitrogens is 2. The molecule has 1 saturated heterocycles. The fourth-order valence-corrected chi connectivity index (χ4v) is 3.47. The van der Waals surface area contributed by atoms with Crippen molar-refractivity contribution in [3.63, 3.8) is 0 Å². The van der Waals surface area contributed by atoms with Crippen molar-refractivity contribution in [2.24, 2.45) is 0 Å². The molecule has 0 unspecified atom stereocenters. The van der Waals surface area contributed by atoms with Crippen LogP contribution in [0.1, 0.15) is 18.3 Å². The number of alkyl halides is 1. The lowest BCUT2D eigenvalue weighted by Gasteiger charge is -2.34. The minimum absolute atomic E-state index is 0.00773. The third-order valence-corrected chi connectivity index (χ3v) is 4.87. The zero-order chi connectivity index (χ0) is 16.2. The first-order valence-electron chi connectivity index (χ1n) is 7.68. The van der Waals surface area contributed by atoms with Crippen molar-refractivity contribution in [2.45, 2.75) is 18.7 Å². The fourth-order valence-electron chi connectivity index (χ4n) is 2.59. The average molecular weight is 351 g/mol. The first-order valence-corrected chi connectivity index (χ1v) is 8.89. The molecular formula is C16H19ClN4OS. The molecule has 1 fully saturated rings. The van der Waals surface area contributed by atoms with E-state index in [-0.39, 0.29) is 5.91 Å². The lowest BCUT2D eigenvalue weighted by Crippen LogP contribution is -2.50. The summed E-state index contributed by atoms with van der Waals surface area (Å²) < 4.78 is 4.46. The molecule has 1 amide bonds. The zero-order valence-corrected chi connectivity index (χ0v) is 14.6. The lowest BCUT2D eigenvalue weighted by atomic mass is 10.1. The minimum Gasteiger partial charge on any atom is -0.343 e. The topological polar surface area (TPSA) is 49.3 Å². The van der Waals surface area contributed by atoms with E-state index in [0.717, 1.165) is 30.5 Å². The van der Waals surface area contributed by atoms with Gasteiger partial charge in [-0.25, -0.2) is 4.98 Å². The number of hydrogen-bond donors (Lipinski definition) is 0. The second kappa shape index (κ2) is 7.27. The number of rotatable bonds is 4. The largest absolute Gasteiger partial charge is 0.343 e. The van der Waals surface area contributed by atoms with E-state index in [1.165, 1.54) is 17.1 Å². The fraction of sp³-hybridized carbons (Fsp3) is 0.438. The third-order valence-electron chi connectivity index (χ3n) is 3.86. The van der Waals surface area contributed by atoms with E-state index in [2.05, 4.69) is 26.4 Å². The molecule has 122 valence electrons. The maximum Gasteiger partial charge on any atom is 0.240 e. The van der Waals surface area contributed by atoms with Gasteiger partial charge in [0, 0.05) is 44.1 Å². The molecule has 0 N–H and O–H groups in total. The number of hydrogen-bond acceptors (Lipinski definition) is 5. The van der Waals surface area contributed by atoms with Gasteiger partial charge in [0.1, 0.15) is 11.2 Å². The van der Waals surface area contributed by atoms with E-state index in [9.17, 15) is 4.79 Å². The Hall–Kier alpha value is -1.66. The highest BCUT2D eigenvalue weighted by molar-refractivity contribution is 7.09. The Balaban J connectivity index is 1.58. The highest BCUT2D eigenvalue weighted by Gasteiger charge is 2.25. The van der Waals surface area contributed by atoms with Crippen molar-refractivity contribution in [2.75, 3.05) is 31.1 Å². The van der Waals surface area contributed by atoms with Crippen LogP contribution in [0, 0.1) is 0 Å². The number of nitrogens with zero attached hydrogens (tertiary/aromatic N) is 4.